The summed E-state index contributed by atoms with van der Waals surface area (Å²) in [6.45, 7) is 2.79. The van der Waals surface area contributed by atoms with Crippen LogP contribution in [-0.4, -0.2) is 23.5 Å². The lowest BCUT2D eigenvalue weighted by molar-refractivity contribution is -0.137. The Balaban J connectivity index is 2.23. The number of alkyl halides is 3. The molecule has 0 spiro atoms. The van der Waals surface area contributed by atoms with E-state index in [1.165, 1.54) is 6.07 Å². The normalized spacial score (nSPS) is 24.3. The van der Waals surface area contributed by atoms with Gasteiger partial charge in [-0.3, -0.25) is 4.90 Å². The number of hydrogen-bond donors (Lipinski definition) is 1. The maximum Gasteiger partial charge on any atom is 0.416 e. The number of rotatable bonds is 3. The quantitative estimate of drug-likeness (QED) is 0.865. The molecule has 2 unspecified atom stereocenters. The molecule has 1 aliphatic heterocycles. The van der Waals surface area contributed by atoms with Crippen molar-refractivity contribution in [1.29, 1.82) is 0 Å². The minimum Gasteiger partial charge on any atom is -0.329 e. The summed E-state index contributed by atoms with van der Waals surface area (Å²) in [6.07, 6.45) is -1.55. The monoisotopic (exact) mass is 304 g/mol. The Labute approximate surface area is 121 Å². The summed E-state index contributed by atoms with van der Waals surface area (Å²) in [6, 6.07) is 3.11. The lowest BCUT2D eigenvalue weighted by Crippen LogP contribution is -2.48. The molecule has 1 aliphatic rings. The number of nitrogens with two attached hydrogens (primary N) is 1. The molecule has 0 aliphatic carbocycles. The van der Waals surface area contributed by atoms with Gasteiger partial charge in [0.1, 0.15) is 5.82 Å². The van der Waals surface area contributed by atoms with Gasteiger partial charge in [0.15, 0.2) is 0 Å². The van der Waals surface area contributed by atoms with Gasteiger partial charge in [0.05, 0.1) is 5.56 Å². The van der Waals surface area contributed by atoms with E-state index in [4.69, 9.17) is 5.73 Å². The van der Waals surface area contributed by atoms with Gasteiger partial charge in [0.2, 0.25) is 0 Å². The SMILES string of the molecule is CC1CCCC(CN)N1Cc1cc(F)cc(C(F)(F)F)c1. The summed E-state index contributed by atoms with van der Waals surface area (Å²) in [5.41, 5.74) is 5.15. The van der Waals surface area contributed by atoms with Crippen LogP contribution in [0.15, 0.2) is 18.2 Å². The molecule has 1 aromatic rings. The van der Waals surface area contributed by atoms with E-state index >= 15 is 0 Å². The highest BCUT2D eigenvalue weighted by molar-refractivity contribution is 5.27. The summed E-state index contributed by atoms with van der Waals surface area (Å²) < 4.78 is 51.7. The molecule has 0 bridgehead atoms. The second kappa shape index (κ2) is 6.32. The van der Waals surface area contributed by atoms with Gasteiger partial charge in [-0.1, -0.05) is 6.42 Å². The first-order valence-electron chi connectivity index (χ1n) is 7.13. The molecule has 2 atom stereocenters. The van der Waals surface area contributed by atoms with Crippen LogP contribution in [0.1, 0.15) is 37.3 Å². The van der Waals surface area contributed by atoms with Crippen molar-refractivity contribution in [3.8, 4) is 0 Å². The molecule has 0 amide bonds. The molecule has 1 aromatic carbocycles. The van der Waals surface area contributed by atoms with Crippen molar-refractivity contribution in [3.05, 3.63) is 35.1 Å². The van der Waals surface area contributed by atoms with Crippen LogP contribution in [0, 0.1) is 5.82 Å². The first-order chi connectivity index (χ1) is 9.81. The summed E-state index contributed by atoms with van der Waals surface area (Å²) in [5, 5.41) is 0. The van der Waals surface area contributed by atoms with Gasteiger partial charge in [-0.25, -0.2) is 4.39 Å². The van der Waals surface area contributed by atoms with Gasteiger partial charge >= 0.3 is 6.18 Å². The van der Waals surface area contributed by atoms with Crippen molar-refractivity contribution in [3.63, 3.8) is 0 Å². The van der Waals surface area contributed by atoms with Crippen LogP contribution in [-0.2, 0) is 12.7 Å². The highest BCUT2D eigenvalue weighted by Gasteiger charge is 2.32. The molecular weight excluding hydrogens is 284 g/mol. The lowest BCUT2D eigenvalue weighted by atomic mass is 9.95. The molecule has 0 aromatic heterocycles. The van der Waals surface area contributed by atoms with Gasteiger partial charge in [-0.05, 0) is 43.5 Å². The third kappa shape index (κ3) is 3.95. The molecule has 2 rings (SSSR count). The Bertz CT molecular complexity index is 487. The summed E-state index contributed by atoms with van der Waals surface area (Å²) in [4.78, 5) is 2.08. The average Bonchev–Trinajstić information content (AvgIpc) is 2.39. The van der Waals surface area contributed by atoms with Gasteiger partial charge < -0.3 is 5.73 Å². The Morgan fingerprint density at radius 3 is 2.57 bits per heavy atom. The van der Waals surface area contributed by atoms with Gasteiger partial charge in [-0.15, -0.1) is 0 Å². The van der Waals surface area contributed by atoms with Crippen LogP contribution in [0.5, 0.6) is 0 Å². The number of benzene rings is 1. The van der Waals surface area contributed by atoms with Crippen molar-refractivity contribution in [2.75, 3.05) is 6.54 Å². The highest BCUT2D eigenvalue weighted by Crippen LogP contribution is 2.31. The van der Waals surface area contributed by atoms with E-state index in [2.05, 4.69) is 4.90 Å². The van der Waals surface area contributed by atoms with E-state index in [1.807, 2.05) is 6.92 Å². The zero-order valence-corrected chi connectivity index (χ0v) is 12.0. The van der Waals surface area contributed by atoms with Gasteiger partial charge in [-0.2, -0.15) is 13.2 Å². The van der Waals surface area contributed by atoms with Gasteiger partial charge in [0, 0.05) is 25.2 Å². The Morgan fingerprint density at radius 2 is 1.95 bits per heavy atom. The van der Waals surface area contributed by atoms with Crippen LogP contribution in [0.2, 0.25) is 0 Å². The fourth-order valence-electron chi connectivity index (χ4n) is 2.99. The second-order valence-corrected chi connectivity index (χ2v) is 5.69. The van der Waals surface area contributed by atoms with Crippen molar-refractivity contribution >= 4 is 0 Å². The first kappa shape index (κ1) is 16.2. The van der Waals surface area contributed by atoms with E-state index in [9.17, 15) is 17.6 Å². The average molecular weight is 304 g/mol. The molecule has 1 fully saturated rings. The molecule has 0 radical (unpaired) electrons. The standard InChI is InChI=1S/C15H20F4N2/c1-10-3-2-4-14(8-20)21(10)9-11-5-12(15(17,18)19)7-13(16)6-11/h5-7,10,14H,2-4,8-9,20H2,1H3. The maximum atomic E-state index is 13.4. The predicted molar refractivity (Wildman–Crippen MR) is 73.1 cm³/mol. The second-order valence-electron chi connectivity index (χ2n) is 5.69. The maximum absolute atomic E-state index is 13.4. The van der Waals surface area contributed by atoms with Crippen molar-refractivity contribution in [1.82, 2.24) is 4.90 Å². The zero-order valence-electron chi connectivity index (χ0n) is 12.0. The van der Waals surface area contributed by atoms with Crippen molar-refractivity contribution in [2.24, 2.45) is 5.73 Å². The molecule has 1 saturated heterocycles. The minimum atomic E-state index is -4.53. The molecule has 118 valence electrons. The van der Waals surface area contributed by atoms with E-state index < -0.39 is 17.6 Å². The fourth-order valence-corrected chi connectivity index (χ4v) is 2.99. The zero-order chi connectivity index (χ0) is 15.6. The van der Waals surface area contributed by atoms with Crippen LogP contribution in [0.3, 0.4) is 0 Å². The molecule has 0 saturated carbocycles. The molecule has 2 nitrogen and oxygen atoms in total. The van der Waals surface area contributed by atoms with Gasteiger partial charge in [0.25, 0.3) is 0 Å². The third-order valence-electron chi connectivity index (χ3n) is 4.12. The predicted octanol–water partition coefficient (Wildman–Crippen LogP) is 3.55. The van der Waals surface area contributed by atoms with Crippen LogP contribution in [0.25, 0.3) is 0 Å². The lowest BCUT2D eigenvalue weighted by Gasteiger charge is -2.40. The highest BCUT2D eigenvalue weighted by atomic mass is 19.4. The fraction of sp³-hybridized carbons (Fsp3) is 0.600. The number of hydrogen-bond acceptors (Lipinski definition) is 2. The molecule has 21 heavy (non-hydrogen) atoms. The molecule has 2 N–H and O–H groups in total. The van der Waals surface area contributed by atoms with E-state index in [0.29, 0.717) is 24.7 Å². The van der Waals surface area contributed by atoms with Crippen LogP contribution < -0.4 is 5.73 Å². The summed E-state index contributed by atoms with van der Waals surface area (Å²) in [7, 11) is 0. The molecule has 1 heterocycles. The number of halogens is 4. The largest absolute Gasteiger partial charge is 0.416 e. The Hall–Kier alpha value is -1.14. The summed E-state index contributed by atoms with van der Waals surface area (Å²) in [5.74, 6) is -0.853. The molecular formula is C15H20F4N2. The van der Waals surface area contributed by atoms with Crippen LogP contribution >= 0.6 is 0 Å². The Kier molecular flexibility index (Phi) is 4.88. The summed E-state index contributed by atoms with van der Waals surface area (Å²) >= 11 is 0. The van der Waals surface area contributed by atoms with Crippen LogP contribution in [0.4, 0.5) is 17.6 Å². The van der Waals surface area contributed by atoms with E-state index in [1.54, 1.807) is 0 Å². The smallest absolute Gasteiger partial charge is 0.329 e. The van der Waals surface area contributed by atoms with E-state index in [0.717, 1.165) is 25.3 Å². The van der Waals surface area contributed by atoms with Crippen molar-refractivity contribution in [2.45, 2.75) is 51.0 Å². The minimum absolute atomic E-state index is 0.145. The third-order valence-corrected chi connectivity index (χ3v) is 4.12. The number of likely N-dealkylation sites (tertiary alicyclic amines) is 1. The number of piperidine rings is 1. The number of nitrogens with zero attached hydrogens (tertiary/aromatic N) is 1. The molecule has 6 heteroatoms. The van der Waals surface area contributed by atoms with Crippen molar-refractivity contribution < 1.29 is 17.6 Å². The topological polar surface area (TPSA) is 29.3 Å². The van der Waals surface area contributed by atoms with E-state index in [-0.39, 0.29) is 12.1 Å². The Morgan fingerprint density at radius 1 is 1.24 bits per heavy atom. The first-order valence-corrected chi connectivity index (χ1v) is 7.13.